The summed E-state index contributed by atoms with van der Waals surface area (Å²) in [5.74, 6) is 0. The van der Waals surface area contributed by atoms with Crippen molar-refractivity contribution in [3.05, 3.63) is 0 Å². The molecule has 0 aliphatic rings. The van der Waals surface area contributed by atoms with Gasteiger partial charge in [-0.1, -0.05) is 104 Å². The van der Waals surface area contributed by atoms with Gasteiger partial charge >= 0.3 is 0 Å². The van der Waals surface area contributed by atoms with Crippen LogP contribution in [0.2, 0.25) is 0 Å². The lowest BCUT2D eigenvalue weighted by atomic mass is 10.1. The summed E-state index contributed by atoms with van der Waals surface area (Å²) < 4.78 is 1.35. The third kappa shape index (κ3) is 17.4. The Morgan fingerprint density at radius 1 is 0.346 bits per heavy atom. The van der Waals surface area contributed by atoms with Gasteiger partial charge in [0.1, 0.15) is 0 Å². The van der Waals surface area contributed by atoms with Crippen molar-refractivity contribution in [3.63, 3.8) is 0 Å². The molecule has 0 aromatic rings. The molecular weight excluding hydrogens is 314 g/mol. The van der Waals surface area contributed by atoms with Gasteiger partial charge in [0.2, 0.25) is 0 Å². The van der Waals surface area contributed by atoms with Gasteiger partial charge in [0.15, 0.2) is 0 Å². The van der Waals surface area contributed by atoms with Crippen LogP contribution >= 0.6 is 0 Å². The highest BCUT2D eigenvalue weighted by Crippen LogP contribution is 2.15. The monoisotopic (exact) mass is 368 g/mol. The zero-order valence-electron chi connectivity index (χ0n) is 19.3. The van der Waals surface area contributed by atoms with E-state index < -0.39 is 0 Å². The van der Waals surface area contributed by atoms with Crippen LogP contribution in [0.25, 0.3) is 0 Å². The van der Waals surface area contributed by atoms with Crippen LogP contribution in [0, 0.1) is 0 Å². The van der Waals surface area contributed by atoms with E-state index in [1.54, 1.807) is 0 Å². The van der Waals surface area contributed by atoms with E-state index in [1.165, 1.54) is 140 Å². The van der Waals surface area contributed by atoms with Gasteiger partial charge in [-0.15, -0.1) is 0 Å². The Morgan fingerprint density at radius 3 is 0.962 bits per heavy atom. The van der Waals surface area contributed by atoms with Gasteiger partial charge in [-0.2, -0.15) is 0 Å². The molecule has 0 saturated carbocycles. The summed E-state index contributed by atoms with van der Waals surface area (Å²) in [5, 5.41) is 0. The summed E-state index contributed by atoms with van der Waals surface area (Å²) in [7, 11) is 2.54. The molecule has 0 aliphatic heterocycles. The molecule has 0 fully saturated rings. The second-order valence-corrected chi connectivity index (χ2v) is 9.09. The molecule has 0 amide bonds. The average molecular weight is 369 g/mol. The Kier molecular flexibility index (Phi) is 19.7. The Morgan fingerprint density at radius 2 is 0.615 bits per heavy atom. The molecule has 0 rings (SSSR count). The number of hydrogen-bond acceptors (Lipinski definition) is 0. The lowest BCUT2D eigenvalue weighted by Crippen LogP contribution is -2.46. The zero-order valence-corrected chi connectivity index (χ0v) is 19.3. The lowest BCUT2D eigenvalue weighted by molar-refractivity contribution is -0.910. The fourth-order valence-electron chi connectivity index (χ4n) is 4.13. The first kappa shape index (κ1) is 26.0. The molecule has 1 atom stereocenters. The first-order chi connectivity index (χ1) is 12.7. The van der Waals surface area contributed by atoms with E-state index in [9.17, 15) is 0 Å². The molecule has 0 aromatic heterocycles. The smallest absolute Gasteiger partial charge is 0.0784 e. The van der Waals surface area contributed by atoms with Crippen LogP contribution in [-0.2, 0) is 0 Å². The number of nitrogens with zero attached hydrogens (tertiary/aromatic N) is 1. The van der Waals surface area contributed by atoms with E-state index in [1.807, 2.05) is 0 Å². The van der Waals surface area contributed by atoms with Gasteiger partial charge in [0.05, 0.1) is 26.7 Å². The quantitative estimate of drug-likeness (QED) is 0.141. The predicted octanol–water partition coefficient (Wildman–Crippen LogP) is 8.51. The Balaban J connectivity index is 3.74. The number of unbranched alkanes of at least 4 members (excludes halogenated alkanes) is 15. The molecule has 0 aliphatic carbocycles. The molecule has 0 radical (unpaired) electrons. The summed E-state index contributed by atoms with van der Waals surface area (Å²) >= 11 is 0. The highest BCUT2D eigenvalue weighted by atomic mass is 15.3. The molecule has 0 aromatic carbocycles. The first-order valence-electron chi connectivity index (χ1n) is 12.5. The number of quaternary nitrogens is 1. The SMILES string of the molecule is CCCCCCCCCCCC[N+](C)(CCCC)CCCCCCCC. The molecule has 1 nitrogen and oxygen atoms in total. The van der Waals surface area contributed by atoms with Crippen molar-refractivity contribution in [1.29, 1.82) is 0 Å². The van der Waals surface area contributed by atoms with Crippen molar-refractivity contribution >= 4 is 0 Å². The van der Waals surface area contributed by atoms with Gasteiger partial charge in [-0.25, -0.2) is 0 Å². The average Bonchev–Trinajstić information content (AvgIpc) is 2.64. The first-order valence-corrected chi connectivity index (χ1v) is 12.5. The van der Waals surface area contributed by atoms with Crippen LogP contribution in [0.5, 0.6) is 0 Å². The summed E-state index contributed by atoms with van der Waals surface area (Å²) in [5.41, 5.74) is 0. The van der Waals surface area contributed by atoms with E-state index in [0.717, 1.165) is 0 Å². The summed E-state index contributed by atoms with van der Waals surface area (Å²) in [6.07, 6.45) is 25.9. The van der Waals surface area contributed by atoms with E-state index in [-0.39, 0.29) is 0 Å². The van der Waals surface area contributed by atoms with Crippen LogP contribution in [0.1, 0.15) is 136 Å². The predicted molar refractivity (Wildman–Crippen MR) is 121 cm³/mol. The zero-order chi connectivity index (χ0) is 19.3. The van der Waals surface area contributed by atoms with E-state index in [4.69, 9.17) is 0 Å². The highest BCUT2D eigenvalue weighted by molar-refractivity contribution is 4.50. The van der Waals surface area contributed by atoms with Crippen molar-refractivity contribution in [2.24, 2.45) is 0 Å². The van der Waals surface area contributed by atoms with Crippen molar-refractivity contribution in [2.75, 3.05) is 26.7 Å². The standard InChI is InChI=1S/C25H54N/c1-5-8-11-13-15-16-17-18-20-22-25-26(4,23-10-7-3)24-21-19-14-12-9-6-2/h5-25H2,1-4H3/q+1. The van der Waals surface area contributed by atoms with Crippen LogP contribution < -0.4 is 0 Å². The molecule has 158 valence electrons. The van der Waals surface area contributed by atoms with Crippen LogP contribution in [-0.4, -0.2) is 31.2 Å². The molecule has 0 N–H and O–H groups in total. The maximum absolute atomic E-state index is 2.54. The molecular formula is C25H54N+. The third-order valence-corrected chi connectivity index (χ3v) is 6.15. The summed E-state index contributed by atoms with van der Waals surface area (Å²) in [6, 6.07) is 0. The molecule has 1 heteroatoms. The molecule has 0 heterocycles. The highest BCUT2D eigenvalue weighted by Gasteiger charge is 2.19. The largest absolute Gasteiger partial charge is 0.326 e. The van der Waals surface area contributed by atoms with Crippen LogP contribution in [0.15, 0.2) is 0 Å². The Labute approximate surface area is 167 Å². The summed E-state index contributed by atoms with van der Waals surface area (Å²) in [6.45, 7) is 11.2. The minimum absolute atomic E-state index is 1.35. The fraction of sp³-hybridized carbons (Fsp3) is 1.00. The maximum Gasteiger partial charge on any atom is 0.0784 e. The molecule has 0 bridgehead atoms. The molecule has 26 heavy (non-hydrogen) atoms. The second kappa shape index (κ2) is 19.7. The maximum atomic E-state index is 2.54. The van der Waals surface area contributed by atoms with Crippen molar-refractivity contribution in [1.82, 2.24) is 0 Å². The van der Waals surface area contributed by atoms with Gasteiger partial charge < -0.3 is 4.48 Å². The van der Waals surface area contributed by atoms with Gasteiger partial charge in [0, 0.05) is 0 Å². The molecule has 0 spiro atoms. The number of rotatable bonds is 21. The molecule has 1 unspecified atom stereocenters. The van der Waals surface area contributed by atoms with E-state index in [0.29, 0.717) is 0 Å². The topological polar surface area (TPSA) is 0 Å². The van der Waals surface area contributed by atoms with Gasteiger partial charge in [0.25, 0.3) is 0 Å². The summed E-state index contributed by atoms with van der Waals surface area (Å²) in [4.78, 5) is 0. The minimum atomic E-state index is 1.35. The Bertz CT molecular complexity index is 263. The van der Waals surface area contributed by atoms with Crippen molar-refractivity contribution in [2.45, 2.75) is 136 Å². The molecule has 0 saturated heterocycles. The normalized spacial score (nSPS) is 13.8. The Hall–Kier alpha value is -0.0400. The lowest BCUT2D eigenvalue weighted by Gasteiger charge is -2.35. The second-order valence-electron chi connectivity index (χ2n) is 9.09. The fourth-order valence-corrected chi connectivity index (χ4v) is 4.13. The van der Waals surface area contributed by atoms with E-state index >= 15 is 0 Å². The van der Waals surface area contributed by atoms with Crippen LogP contribution in [0.3, 0.4) is 0 Å². The van der Waals surface area contributed by atoms with Crippen molar-refractivity contribution < 1.29 is 4.48 Å². The van der Waals surface area contributed by atoms with Crippen LogP contribution in [0.4, 0.5) is 0 Å². The third-order valence-electron chi connectivity index (χ3n) is 6.15. The van der Waals surface area contributed by atoms with Crippen molar-refractivity contribution in [3.8, 4) is 0 Å². The van der Waals surface area contributed by atoms with Gasteiger partial charge in [-0.3, -0.25) is 0 Å². The number of hydrogen-bond donors (Lipinski definition) is 0. The van der Waals surface area contributed by atoms with Gasteiger partial charge in [-0.05, 0) is 32.1 Å². The minimum Gasteiger partial charge on any atom is -0.326 e. The van der Waals surface area contributed by atoms with E-state index in [2.05, 4.69) is 27.8 Å².